The minimum Gasteiger partial charge on any atom is -0.478 e. The first-order valence-electron chi connectivity index (χ1n) is 7.17. The highest BCUT2D eigenvalue weighted by Crippen LogP contribution is 2.15. The second kappa shape index (κ2) is 7.40. The maximum absolute atomic E-state index is 12.0. The molecular weight excluding hydrogens is 318 g/mol. The van der Waals surface area contributed by atoms with Crippen molar-refractivity contribution in [2.75, 3.05) is 11.9 Å². The van der Waals surface area contributed by atoms with Gasteiger partial charge in [0.15, 0.2) is 0 Å². The molecule has 2 rings (SSSR count). The number of nitrogens with zero attached hydrogens (tertiary/aromatic N) is 4. The van der Waals surface area contributed by atoms with E-state index in [1.165, 1.54) is 28.0 Å². The monoisotopic (exact) mass is 335 g/mol. The summed E-state index contributed by atoms with van der Waals surface area (Å²) in [5, 5.41) is 19.2. The summed E-state index contributed by atoms with van der Waals surface area (Å²) in [5.41, 5.74) is 0.214. The molecule has 0 aliphatic carbocycles. The van der Waals surface area contributed by atoms with Crippen LogP contribution in [-0.2, 0) is 23.1 Å². The van der Waals surface area contributed by atoms with Crippen LogP contribution in [0.4, 0.5) is 5.82 Å². The number of carboxylic acid groups (broad SMARTS) is 1. The highest BCUT2D eigenvalue weighted by atomic mass is 16.5. The fourth-order valence-corrected chi connectivity index (χ4v) is 1.95. The molecule has 0 saturated carbocycles. The van der Waals surface area contributed by atoms with E-state index in [1.807, 2.05) is 0 Å². The molecule has 0 aliphatic heterocycles. The molecule has 10 nitrogen and oxygen atoms in total. The molecular formula is C14H17N5O5. The molecule has 10 heteroatoms. The number of amides is 1. The van der Waals surface area contributed by atoms with Crippen LogP contribution in [0.3, 0.4) is 0 Å². The molecule has 0 saturated heterocycles. The molecule has 0 aromatic carbocycles. The van der Waals surface area contributed by atoms with Crippen LogP contribution in [0.2, 0.25) is 0 Å². The van der Waals surface area contributed by atoms with Crippen molar-refractivity contribution in [3.63, 3.8) is 0 Å². The van der Waals surface area contributed by atoms with Crippen molar-refractivity contribution in [3.05, 3.63) is 29.7 Å². The van der Waals surface area contributed by atoms with Crippen LogP contribution in [-0.4, -0.2) is 49.1 Å². The number of aromatic nitrogens is 4. The fraction of sp³-hybridized carbons (Fsp3) is 0.357. The summed E-state index contributed by atoms with van der Waals surface area (Å²) in [7, 11) is 1.59. The van der Waals surface area contributed by atoms with E-state index < -0.39 is 11.9 Å². The molecule has 24 heavy (non-hydrogen) atoms. The summed E-state index contributed by atoms with van der Waals surface area (Å²) >= 11 is 0. The Morgan fingerprint density at radius 3 is 2.67 bits per heavy atom. The molecule has 2 N–H and O–H groups in total. The third-order valence-corrected chi connectivity index (χ3v) is 3.14. The van der Waals surface area contributed by atoms with Gasteiger partial charge in [-0.2, -0.15) is 10.2 Å². The number of esters is 1. The van der Waals surface area contributed by atoms with Crippen LogP contribution in [0.25, 0.3) is 0 Å². The van der Waals surface area contributed by atoms with E-state index in [-0.39, 0.29) is 42.4 Å². The van der Waals surface area contributed by atoms with Crippen molar-refractivity contribution >= 4 is 23.7 Å². The highest BCUT2D eigenvalue weighted by molar-refractivity contribution is 6.00. The summed E-state index contributed by atoms with van der Waals surface area (Å²) in [6.45, 7) is 2.10. The maximum atomic E-state index is 12.0. The van der Waals surface area contributed by atoms with Gasteiger partial charge in [-0.1, -0.05) is 0 Å². The third-order valence-electron chi connectivity index (χ3n) is 3.14. The standard InChI is InChI=1S/C14H17N5O5/c1-3-24-14(23)10-7-15-18(2)12(10)17-11(20)4-5-19-8-9(6-16-19)13(21)22/h6-8H,3-5H2,1-2H3,(H,17,20)(H,21,22). The number of ether oxygens (including phenoxy) is 1. The van der Waals surface area contributed by atoms with Gasteiger partial charge in [0.05, 0.1) is 24.6 Å². The normalized spacial score (nSPS) is 10.4. The van der Waals surface area contributed by atoms with Crippen LogP contribution in [0.15, 0.2) is 18.6 Å². The van der Waals surface area contributed by atoms with E-state index in [0.717, 1.165) is 0 Å². The van der Waals surface area contributed by atoms with E-state index in [9.17, 15) is 14.4 Å². The predicted octanol–water partition coefficient (Wildman–Crippen LogP) is 0.520. The minimum absolute atomic E-state index is 0.0478. The van der Waals surface area contributed by atoms with Gasteiger partial charge in [-0.25, -0.2) is 9.59 Å². The summed E-state index contributed by atoms with van der Waals surface area (Å²) < 4.78 is 7.63. The molecule has 128 valence electrons. The number of aromatic carboxylic acids is 1. The molecule has 0 radical (unpaired) electrons. The van der Waals surface area contributed by atoms with E-state index in [2.05, 4.69) is 15.5 Å². The van der Waals surface area contributed by atoms with Gasteiger partial charge in [0, 0.05) is 26.2 Å². The first-order chi connectivity index (χ1) is 11.4. The molecule has 0 atom stereocenters. The van der Waals surface area contributed by atoms with E-state index in [1.54, 1.807) is 14.0 Å². The van der Waals surface area contributed by atoms with Crippen molar-refractivity contribution in [1.29, 1.82) is 0 Å². The first kappa shape index (κ1) is 17.2. The fourth-order valence-electron chi connectivity index (χ4n) is 1.95. The molecule has 1 amide bonds. The molecule has 0 bridgehead atoms. The van der Waals surface area contributed by atoms with Gasteiger partial charge in [-0.3, -0.25) is 14.2 Å². The topological polar surface area (TPSA) is 128 Å². The second-order valence-electron chi connectivity index (χ2n) is 4.85. The zero-order valence-electron chi connectivity index (χ0n) is 13.2. The average Bonchev–Trinajstić information content (AvgIpc) is 3.13. The lowest BCUT2D eigenvalue weighted by atomic mass is 10.3. The SMILES string of the molecule is CCOC(=O)c1cnn(C)c1NC(=O)CCn1cc(C(=O)O)cn1. The molecule has 2 aromatic rings. The van der Waals surface area contributed by atoms with Gasteiger partial charge in [-0.05, 0) is 6.92 Å². The second-order valence-corrected chi connectivity index (χ2v) is 4.85. The Balaban J connectivity index is 1.98. The van der Waals surface area contributed by atoms with Crippen LogP contribution in [0.1, 0.15) is 34.1 Å². The Morgan fingerprint density at radius 2 is 2.04 bits per heavy atom. The predicted molar refractivity (Wildman–Crippen MR) is 81.6 cm³/mol. The van der Waals surface area contributed by atoms with E-state index in [0.29, 0.717) is 0 Å². The summed E-state index contributed by atoms with van der Waals surface area (Å²) in [6, 6.07) is 0. The Bertz CT molecular complexity index is 763. The average molecular weight is 335 g/mol. The lowest BCUT2D eigenvalue weighted by molar-refractivity contribution is -0.116. The van der Waals surface area contributed by atoms with Gasteiger partial charge in [-0.15, -0.1) is 0 Å². The Morgan fingerprint density at radius 1 is 1.29 bits per heavy atom. The lowest BCUT2D eigenvalue weighted by Crippen LogP contribution is -2.19. The number of anilines is 1. The molecule has 2 heterocycles. The van der Waals surface area contributed by atoms with E-state index >= 15 is 0 Å². The molecule has 0 unspecified atom stereocenters. The van der Waals surface area contributed by atoms with Gasteiger partial charge < -0.3 is 15.2 Å². The smallest absolute Gasteiger partial charge is 0.343 e. The van der Waals surface area contributed by atoms with Crippen molar-refractivity contribution < 1.29 is 24.2 Å². The van der Waals surface area contributed by atoms with Crippen molar-refractivity contribution in [2.24, 2.45) is 7.05 Å². The van der Waals surface area contributed by atoms with Crippen molar-refractivity contribution in [3.8, 4) is 0 Å². The van der Waals surface area contributed by atoms with Gasteiger partial charge in [0.25, 0.3) is 0 Å². The van der Waals surface area contributed by atoms with Gasteiger partial charge >= 0.3 is 11.9 Å². The molecule has 0 aliphatic rings. The number of carboxylic acids is 1. The lowest BCUT2D eigenvalue weighted by Gasteiger charge is -2.08. The zero-order chi connectivity index (χ0) is 17.7. The largest absolute Gasteiger partial charge is 0.478 e. The zero-order valence-corrected chi connectivity index (χ0v) is 13.2. The van der Waals surface area contributed by atoms with Crippen molar-refractivity contribution in [1.82, 2.24) is 19.6 Å². The number of aryl methyl sites for hydroxylation is 2. The van der Waals surface area contributed by atoms with Gasteiger partial charge in [0.1, 0.15) is 11.4 Å². The van der Waals surface area contributed by atoms with Crippen molar-refractivity contribution in [2.45, 2.75) is 19.9 Å². The Kier molecular flexibility index (Phi) is 5.30. The number of hydrogen-bond acceptors (Lipinski definition) is 6. The maximum Gasteiger partial charge on any atom is 0.343 e. The highest BCUT2D eigenvalue weighted by Gasteiger charge is 2.19. The summed E-state index contributed by atoms with van der Waals surface area (Å²) in [5.74, 6) is -1.78. The van der Waals surface area contributed by atoms with Crippen LogP contribution in [0.5, 0.6) is 0 Å². The third kappa shape index (κ3) is 3.97. The number of rotatable bonds is 7. The summed E-state index contributed by atoms with van der Waals surface area (Å²) in [6.07, 6.45) is 3.92. The van der Waals surface area contributed by atoms with Crippen LogP contribution >= 0.6 is 0 Å². The number of carbonyl (C=O) groups is 3. The Labute approximate surface area is 137 Å². The first-order valence-corrected chi connectivity index (χ1v) is 7.17. The van der Waals surface area contributed by atoms with Crippen LogP contribution in [0, 0.1) is 0 Å². The number of carbonyl (C=O) groups excluding carboxylic acids is 2. The summed E-state index contributed by atoms with van der Waals surface area (Å²) in [4.78, 5) is 34.6. The molecule has 2 aromatic heterocycles. The molecule has 0 spiro atoms. The number of hydrogen-bond donors (Lipinski definition) is 2. The Hall–Kier alpha value is -3.17. The van der Waals surface area contributed by atoms with E-state index in [4.69, 9.17) is 9.84 Å². The quantitative estimate of drug-likeness (QED) is 0.706. The molecule has 0 fully saturated rings. The minimum atomic E-state index is -1.08. The van der Waals surface area contributed by atoms with Gasteiger partial charge in [0.2, 0.25) is 5.91 Å². The number of nitrogens with one attached hydrogen (secondary N) is 1. The van der Waals surface area contributed by atoms with Crippen LogP contribution < -0.4 is 5.32 Å².